The van der Waals surface area contributed by atoms with Gasteiger partial charge < -0.3 is 19.7 Å². The van der Waals surface area contributed by atoms with Crippen LogP contribution in [0.5, 0.6) is 11.5 Å². The number of hydrogen-bond donors (Lipinski definition) is 1. The zero-order valence-corrected chi connectivity index (χ0v) is 12.8. The Morgan fingerprint density at radius 1 is 1.25 bits per heavy atom. The van der Waals surface area contributed by atoms with E-state index in [9.17, 15) is 4.79 Å². The van der Waals surface area contributed by atoms with Crippen LogP contribution in [-0.4, -0.2) is 50.7 Å². The number of nitrogens with zero attached hydrogens (tertiary/aromatic N) is 1. The van der Waals surface area contributed by atoms with Crippen LogP contribution >= 0.6 is 12.4 Å². The normalized spacial score (nSPS) is 18.1. The van der Waals surface area contributed by atoms with Crippen LogP contribution in [0.2, 0.25) is 0 Å². The van der Waals surface area contributed by atoms with Crippen molar-refractivity contribution in [1.29, 1.82) is 0 Å². The maximum absolute atomic E-state index is 12.5. The maximum Gasteiger partial charge on any atom is 0.254 e. The molecule has 0 spiro atoms. The molecule has 0 radical (unpaired) electrons. The number of piperazine rings is 1. The highest BCUT2D eigenvalue weighted by molar-refractivity contribution is 5.95. The second-order valence-corrected chi connectivity index (χ2v) is 4.71. The lowest BCUT2D eigenvalue weighted by atomic mass is 10.1. The predicted molar refractivity (Wildman–Crippen MR) is 80.2 cm³/mol. The van der Waals surface area contributed by atoms with Gasteiger partial charge in [-0.05, 0) is 19.1 Å². The number of rotatable bonds is 3. The second kappa shape index (κ2) is 7.36. The average molecular weight is 301 g/mol. The Bertz CT molecular complexity index is 445. The Balaban J connectivity index is 0.00000200. The van der Waals surface area contributed by atoms with Crippen LogP contribution in [0.3, 0.4) is 0 Å². The highest BCUT2D eigenvalue weighted by Gasteiger charge is 2.22. The van der Waals surface area contributed by atoms with Crippen molar-refractivity contribution in [3.05, 3.63) is 23.8 Å². The Kier molecular flexibility index (Phi) is 6.10. The minimum absolute atomic E-state index is 0. The van der Waals surface area contributed by atoms with Gasteiger partial charge in [0, 0.05) is 37.3 Å². The number of carbonyl (C=O) groups is 1. The van der Waals surface area contributed by atoms with Gasteiger partial charge in [-0.2, -0.15) is 0 Å². The molecule has 1 N–H and O–H groups in total. The van der Waals surface area contributed by atoms with E-state index in [0.29, 0.717) is 23.1 Å². The third-order valence-electron chi connectivity index (χ3n) is 3.25. The van der Waals surface area contributed by atoms with Crippen molar-refractivity contribution < 1.29 is 14.3 Å². The molecule has 0 aliphatic carbocycles. The Morgan fingerprint density at radius 2 is 1.85 bits per heavy atom. The number of carbonyl (C=O) groups excluding carboxylic acids is 1. The van der Waals surface area contributed by atoms with Crippen LogP contribution in [-0.2, 0) is 0 Å². The van der Waals surface area contributed by atoms with Gasteiger partial charge in [0.25, 0.3) is 5.91 Å². The average Bonchev–Trinajstić information content (AvgIpc) is 2.45. The summed E-state index contributed by atoms with van der Waals surface area (Å²) in [7, 11) is 3.16. The molecule has 112 valence electrons. The van der Waals surface area contributed by atoms with E-state index in [1.54, 1.807) is 32.4 Å². The number of hydrogen-bond acceptors (Lipinski definition) is 4. The van der Waals surface area contributed by atoms with E-state index in [1.165, 1.54) is 0 Å². The first-order valence-corrected chi connectivity index (χ1v) is 6.39. The molecule has 1 aromatic rings. The van der Waals surface area contributed by atoms with E-state index in [-0.39, 0.29) is 18.3 Å². The molecule has 1 atom stereocenters. The minimum atomic E-state index is 0. The zero-order valence-electron chi connectivity index (χ0n) is 12.0. The van der Waals surface area contributed by atoms with Gasteiger partial charge in [0.1, 0.15) is 11.5 Å². The van der Waals surface area contributed by atoms with E-state index in [4.69, 9.17) is 9.47 Å². The molecule has 1 saturated heterocycles. The number of ether oxygens (including phenoxy) is 2. The predicted octanol–water partition coefficient (Wildman–Crippen LogP) is 1.56. The van der Waals surface area contributed by atoms with Gasteiger partial charge in [0.2, 0.25) is 0 Å². The second-order valence-electron chi connectivity index (χ2n) is 4.71. The van der Waals surface area contributed by atoms with Crippen LogP contribution in [0.25, 0.3) is 0 Å². The summed E-state index contributed by atoms with van der Waals surface area (Å²) < 4.78 is 10.4. The molecule has 1 aliphatic rings. The Labute approximate surface area is 125 Å². The van der Waals surface area contributed by atoms with E-state index >= 15 is 0 Å². The lowest BCUT2D eigenvalue weighted by Gasteiger charge is -2.32. The number of nitrogens with one attached hydrogen (secondary N) is 1. The fourth-order valence-electron chi connectivity index (χ4n) is 2.23. The molecule has 1 amide bonds. The number of halogens is 1. The van der Waals surface area contributed by atoms with Crippen molar-refractivity contribution in [1.82, 2.24) is 10.2 Å². The van der Waals surface area contributed by atoms with E-state index < -0.39 is 0 Å². The first-order valence-electron chi connectivity index (χ1n) is 6.39. The zero-order chi connectivity index (χ0) is 13.8. The molecular formula is C14H21ClN2O3. The Morgan fingerprint density at radius 3 is 2.35 bits per heavy atom. The third kappa shape index (κ3) is 3.77. The largest absolute Gasteiger partial charge is 0.497 e. The molecule has 1 fully saturated rings. The van der Waals surface area contributed by atoms with Crippen molar-refractivity contribution in [3.8, 4) is 11.5 Å². The first kappa shape index (κ1) is 16.6. The lowest BCUT2D eigenvalue weighted by molar-refractivity contribution is 0.0708. The van der Waals surface area contributed by atoms with Crippen molar-refractivity contribution in [2.75, 3.05) is 33.9 Å². The topological polar surface area (TPSA) is 50.8 Å². The maximum atomic E-state index is 12.5. The molecule has 6 heteroatoms. The van der Waals surface area contributed by atoms with Gasteiger partial charge in [-0.25, -0.2) is 0 Å². The van der Waals surface area contributed by atoms with E-state index in [1.807, 2.05) is 4.90 Å². The highest BCUT2D eigenvalue weighted by atomic mass is 35.5. The van der Waals surface area contributed by atoms with E-state index in [2.05, 4.69) is 12.2 Å². The Hall–Kier alpha value is -1.46. The summed E-state index contributed by atoms with van der Waals surface area (Å²) in [6, 6.07) is 5.58. The number of methoxy groups -OCH3 is 2. The molecular weight excluding hydrogens is 280 g/mol. The molecule has 20 heavy (non-hydrogen) atoms. The SMILES string of the molecule is COc1cc(OC)cc(C(=O)N2CCNC(C)C2)c1.Cl. The van der Waals surface area contributed by atoms with Gasteiger partial charge in [0.05, 0.1) is 14.2 Å². The summed E-state index contributed by atoms with van der Waals surface area (Å²) in [6.45, 7) is 4.35. The summed E-state index contributed by atoms with van der Waals surface area (Å²) in [5.41, 5.74) is 0.602. The smallest absolute Gasteiger partial charge is 0.254 e. The summed E-state index contributed by atoms with van der Waals surface area (Å²) in [6.07, 6.45) is 0. The highest BCUT2D eigenvalue weighted by Crippen LogP contribution is 2.23. The number of benzene rings is 1. The standard InChI is InChI=1S/C14H20N2O3.ClH/c1-10-9-16(5-4-15-10)14(17)11-6-12(18-2)8-13(7-11)19-3;/h6-8,10,15H,4-5,9H2,1-3H3;1H. The van der Waals surface area contributed by atoms with Crippen molar-refractivity contribution in [2.45, 2.75) is 13.0 Å². The summed E-state index contributed by atoms with van der Waals surface area (Å²) in [5.74, 6) is 1.28. The fraction of sp³-hybridized carbons (Fsp3) is 0.500. The third-order valence-corrected chi connectivity index (χ3v) is 3.25. The molecule has 0 aromatic heterocycles. The van der Waals surface area contributed by atoms with Gasteiger partial charge in [0.15, 0.2) is 0 Å². The molecule has 1 aromatic carbocycles. The van der Waals surface area contributed by atoms with Crippen LogP contribution in [0, 0.1) is 0 Å². The fourth-order valence-corrected chi connectivity index (χ4v) is 2.23. The molecule has 1 aliphatic heterocycles. The van der Waals surface area contributed by atoms with Gasteiger partial charge in [-0.15, -0.1) is 12.4 Å². The van der Waals surface area contributed by atoms with Crippen molar-refractivity contribution in [3.63, 3.8) is 0 Å². The molecule has 1 unspecified atom stereocenters. The van der Waals surface area contributed by atoms with Crippen LogP contribution in [0.1, 0.15) is 17.3 Å². The molecule has 0 bridgehead atoms. The summed E-state index contributed by atoms with van der Waals surface area (Å²) in [5, 5.41) is 3.32. The van der Waals surface area contributed by atoms with Crippen LogP contribution in [0.4, 0.5) is 0 Å². The number of amides is 1. The van der Waals surface area contributed by atoms with Gasteiger partial charge in [-0.1, -0.05) is 0 Å². The van der Waals surface area contributed by atoms with Gasteiger partial charge in [-0.3, -0.25) is 4.79 Å². The van der Waals surface area contributed by atoms with Crippen molar-refractivity contribution in [2.24, 2.45) is 0 Å². The quantitative estimate of drug-likeness (QED) is 0.920. The molecule has 0 saturated carbocycles. The van der Waals surface area contributed by atoms with Crippen LogP contribution < -0.4 is 14.8 Å². The molecule has 1 heterocycles. The van der Waals surface area contributed by atoms with E-state index in [0.717, 1.165) is 19.6 Å². The van der Waals surface area contributed by atoms with Crippen molar-refractivity contribution >= 4 is 18.3 Å². The van der Waals surface area contributed by atoms with Crippen LogP contribution in [0.15, 0.2) is 18.2 Å². The van der Waals surface area contributed by atoms with Gasteiger partial charge >= 0.3 is 0 Å². The summed E-state index contributed by atoms with van der Waals surface area (Å²) >= 11 is 0. The lowest BCUT2D eigenvalue weighted by Crippen LogP contribution is -2.51. The molecule has 5 nitrogen and oxygen atoms in total. The minimum Gasteiger partial charge on any atom is -0.497 e. The monoisotopic (exact) mass is 300 g/mol. The molecule has 2 rings (SSSR count). The first-order chi connectivity index (χ1) is 9.13. The summed E-state index contributed by atoms with van der Waals surface area (Å²) in [4.78, 5) is 14.3.